The molecular formula is C38H24I2O4. The summed E-state index contributed by atoms with van der Waals surface area (Å²) in [6.07, 6.45) is 0. The fourth-order valence-electron chi connectivity index (χ4n) is 5.49. The van der Waals surface area contributed by atoms with E-state index in [4.69, 9.17) is 9.47 Å². The molecule has 7 aromatic rings. The Balaban J connectivity index is 1.31. The summed E-state index contributed by atoms with van der Waals surface area (Å²) in [7, 11) is 0. The van der Waals surface area contributed by atoms with Gasteiger partial charge in [-0.25, -0.2) is 9.59 Å². The number of hydrogen-bond acceptors (Lipinski definition) is 4. The zero-order chi connectivity index (χ0) is 30.2. The Morgan fingerprint density at radius 2 is 0.727 bits per heavy atom. The van der Waals surface area contributed by atoms with Gasteiger partial charge >= 0.3 is 11.9 Å². The van der Waals surface area contributed by atoms with Crippen LogP contribution in [-0.2, 0) is 22.7 Å². The van der Waals surface area contributed by atoms with E-state index in [0.717, 1.165) is 43.4 Å². The van der Waals surface area contributed by atoms with Crippen molar-refractivity contribution in [1.82, 2.24) is 0 Å². The number of benzene rings is 7. The molecule has 4 nitrogen and oxygen atoms in total. The minimum absolute atomic E-state index is 0.103. The first kappa shape index (κ1) is 28.7. The smallest absolute Gasteiger partial charge is 0.339 e. The van der Waals surface area contributed by atoms with Crippen LogP contribution in [0.25, 0.3) is 43.1 Å². The lowest BCUT2D eigenvalue weighted by Crippen LogP contribution is -2.14. The third kappa shape index (κ3) is 5.88. The number of hydrogen-bond donors (Lipinski definition) is 0. The van der Waals surface area contributed by atoms with Crippen LogP contribution in [0.5, 0.6) is 0 Å². The van der Waals surface area contributed by atoms with E-state index >= 15 is 0 Å². The Bertz CT molecular complexity index is 2070. The molecule has 6 heteroatoms. The Morgan fingerprint density at radius 3 is 1.07 bits per heavy atom. The summed E-state index contributed by atoms with van der Waals surface area (Å²) in [4.78, 5) is 26.9. The van der Waals surface area contributed by atoms with E-state index in [1.54, 1.807) is 12.1 Å². The monoisotopic (exact) mass is 798 g/mol. The number of rotatable bonds is 6. The highest BCUT2D eigenvalue weighted by molar-refractivity contribution is 14.1. The maximum absolute atomic E-state index is 13.4. The van der Waals surface area contributed by atoms with Crippen LogP contribution in [0.1, 0.15) is 31.8 Å². The fourth-order valence-corrected chi connectivity index (χ4v) is 6.47. The maximum atomic E-state index is 13.4. The Labute approximate surface area is 281 Å². The number of fused-ring (bicyclic) bond motifs is 4. The quantitative estimate of drug-likeness (QED) is 0.0956. The summed E-state index contributed by atoms with van der Waals surface area (Å²) < 4.78 is 13.8. The van der Waals surface area contributed by atoms with Crippen LogP contribution in [0.4, 0.5) is 0 Å². The van der Waals surface area contributed by atoms with Crippen molar-refractivity contribution in [1.29, 1.82) is 0 Å². The first-order chi connectivity index (χ1) is 21.4. The zero-order valence-electron chi connectivity index (χ0n) is 23.4. The van der Waals surface area contributed by atoms with Gasteiger partial charge in [0.1, 0.15) is 13.2 Å². The van der Waals surface area contributed by atoms with E-state index in [9.17, 15) is 9.59 Å². The van der Waals surface area contributed by atoms with Crippen molar-refractivity contribution in [2.75, 3.05) is 0 Å². The first-order valence-corrected chi connectivity index (χ1v) is 16.2. The molecule has 0 heterocycles. The molecule has 0 saturated carbocycles. The number of carbonyl (C=O) groups is 2. The van der Waals surface area contributed by atoms with Gasteiger partial charge in [0.25, 0.3) is 0 Å². The second-order valence-corrected chi connectivity index (χ2v) is 13.1. The predicted molar refractivity (Wildman–Crippen MR) is 193 cm³/mol. The van der Waals surface area contributed by atoms with Crippen LogP contribution >= 0.6 is 45.2 Å². The van der Waals surface area contributed by atoms with Crippen molar-refractivity contribution >= 4 is 100 Å². The van der Waals surface area contributed by atoms with Gasteiger partial charge < -0.3 is 9.47 Å². The van der Waals surface area contributed by atoms with Gasteiger partial charge in [-0.2, -0.15) is 0 Å². The second kappa shape index (κ2) is 12.2. The van der Waals surface area contributed by atoms with Gasteiger partial charge in [-0.1, -0.05) is 60.7 Å². The maximum Gasteiger partial charge on any atom is 0.339 e. The minimum atomic E-state index is -0.572. The molecule has 0 spiro atoms. The van der Waals surface area contributed by atoms with Gasteiger partial charge in [-0.3, -0.25) is 0 Å². The summed E-state index contributed by atoms with van der Waals surface area (Å²) in [5.74, 6) is -1.14. The molecule has 0 aromatic heterocycles. The van der Waals surface area contributed by atoms with Crippen LogP contribution in [0.15, 0.2) is 121 Å². The van der Waals surface area contributed by atoms with E-state index < -0.39 is 11.9 Å². The van der Waals surface area contributed by atoms with Gasteiger partial charge in [0.05, 0.1) is 11.1 Å². The van der Waals surface area contributed by atoms with Gasteiger partial charge in [0.2, 0.25) is 0 Å². The molecule has 0 unspecified atom stereocenters. The van der Waals surface area contributed by atoms with E-state index in [1.807, 2.05) is 60.7 Å². The van der Waals surface area contributed by atoms with E-state index in [2.05, 4.69) is 93.7 Å². The van der Waals surface area contributed by atoms with Gasteiger partial charge in [-0.15, -0.1) is 0 Å². The van der Waals surface area contributed by atoms with Crippen molar-refractivity contribution < 1.29 is 19.1 Å². The number of carbonyl (C=O) groups excluding carboxylic acids is 2. The molecular weight excluding hydrogens is 774 g/mol. The summed E-state index contributed by atoms with van der Waals surface area (Å²) in [6.45, 7) is 0.206. The average Bonchev–Trinajstić information content (AvgIpc) is 3.04. The van der Waals surface area contributed by atoms with Gasteiger partial charge in [0.15, 0.2) is 0 Å². The summed E-state index contributed by atoms with van der Waals surface area (Å²) in [5, 5.41) is 8.46. The van der Waals surface area contributed by atoms with Crippen LogP contribution in [0, 0.1) is 7.14 Å². The molecule has 0 aliphatic carbocycles. The molecule has 0 radical (unpaired) electrons. The van der Waals surface area contributed by atoms with E-state index in [1.165, 1.54) is 17.9 Å². The molecule has 7 rings (SSSR count). The molecule has 214 valence electrons. The summed E-state index contributed by atoms with van der Waals surface area (Å²) in [6, 6.07) is 39.8. The topological polar surface area (TPSA) is 52.6 Å². The SMILES string of the molecule is O=C(OCc1ccccc1)c1cc2cc3cc4cc5cc(I)c(I)cc5cc4cc3cc2cc1C(=O)OCc1ccccc1. The van der Waals surface area contributed by atoms with Crippen molar-refractivity contribution in [3.05, 3.63) is 151 Å². The molecule has 44 heavy (non-hydrogen) atoms. The fraction of sp³-hybridized carbons (Fsp3) is 0.0526. The van der Waals surface area contributed by atoms with E-state index in [-0.39, 0.29) is 24.3 Å². The second-order valence-electron chi connectivity index (χ2n) is 10.7. The third-order valence-corrected chi connectivity index (χ3v) is 10.6. The summed E-state index contributed by atoms with van der Waals surface area (Å²) in [5.41, 5.74) is 2.10. The van der Waals surface area contributed by atoms with Crippen molar-refractivity contribution in [3.8, 4) is 0 Å². The lowest BCUT2D eigenvalue weighted by atomic mass is 9.95. The van der Waals surface area contributed by atoms with Crippen molar-refractivity contribution in [2.45, 2.75) is 13.2 Å². The summed E-state index contributed by atoms with van der Waals surface area (Å²) >= 11 is 4.75. The van der Waals surface area contributed by atoms with Gasteiger partial charge in [0, 0.05) is 7.14 Å². The molecule has 0 aliphatic rings. The third-order valence-electron chi connectivity index (χ3n) is 7.75. The molecule has 0 saturated heterocycles. The molecule has 0 fully saturated rings. The highest BCUT2D eigenvalue weighted by Crippen LogP contribution is 2.33. The Kier molecular flexibility index (Phi) is 7.95. The van der Waals surface area contributed by atoms with Crippen LogP contribution in [-0.4, -0.2) is 11.9 Å². The lowest BCUT2D eigenvalue weighted by Gasteiger charge is -2.13. The van der Waals surface area contributed by atoms with Crippen LogP contribution in [0.2, 0.25) is 0 Å². The zero-order valence-corrected chi connectivity index (χ0v) is 27.7. The average molecular weight is 798 g/mol. The van der Waals surface area contributed by atoms with E-state index in [0.29, 0.717) is 0 Å². The molecule has 0 bridgehead atoms. The lowest BCUT2D eigenvalue weighted by molar-refractivity contribution is 0.0425. The van der Waals surface area contributed by atoms with Crippen LogP contribution in [0.3, 0.4) is 0 Å². The first-order valence-electron chi connectivity index (χ1n) is 14.1. The normalized spacial score (nSPS) is 11.3. The molecule has 0 N–H and O–H groups in total. The standard InChI is InChI=1S/C38H24I2O4/c39-35-19-31-15-27-11-25-13-29-17-33(37(41)43-21-23-7-3-1-4-8-23)34(38(42)44-22-24-9-5-2-6-10-24)18-30(29)14-26(25)12-28(27)16-32(31)20-36(35)40/h1-20H,21-22H2. The molecule has 7 aromatic carbocycles. The number of ether oxygens (including phenoxy) is 2. The number of halogens is 2. The van der Waals surface area contributed by atoms with Crippen molar-refractivity contribution in [3.63, 3.8) is 0 Å². The Morgan fingerprint density at radius 1 is 0.432 bits per heavy atom. The van der Waals surface area contributed by atoms with Crippen molar-refractivity contribution in [2.24, 2.45) is 0 Å². The molecule has 0 aliphatic heterocycles. The Hall–Kier alpha value is -4.02. The number of esters is 2. The highest BCUT2D eigenvalue weighted by Gasteiger charge is 2.22. The van der Waals surface area contributed by atoms with Crippen LogP contribution < -0.4 is 0 Å². The predicted octanol–water partition coefficient (Wildman–Crippen LogP) is 10.2. The van der Waals surface area contributed by atoms with Gasteiger partial charge in [-0.05, 0) is 160 Å². The highest BCUT2D eigenvalue weighted by atomic mass is 127. The largest absolute Gasteiger partial charge is 0.457 e. The molecule has 0 atom stereocenters. The minimum Gasteiger partial charge on any atom is -0.457 e. The molecule has 0 amide bonds.